The Morgan fingerprint density at radius 3 is 2.89 bits per heavy atom. The van der Waals surface area contributed by atoms with E-state index < -0.39 is 4.92 Å². The van der Waals surface area contributed by atoms with Crippen LogP contribution in [0.4, 0.5) is 5.69 Å². The van der Waals surface area contributed by atoms with Crippen LogP contribution >= 0.6 is 11.8 Å². The van der Waals surface area contributed by atoms with Crippen LogP contribution in [0.15, 0.2) is 29.7 Å². The van der Waals surface area contributed by atoms with Crippen molar-refractivity contribution in [1.82, 2.24) is 14.8 Å². The highest BCUT2D eigenvalue weighted by Crippen LogP contribution is 2.29. The molecule has 2 rings (SSSR count). The van der Waals surface area contributed by atoms with Crippen LogP contribution in [0.1, 0.15) is 5.56 Å². The average Bonchev–Trinajstić information content (AvgIpc) is 2.81. The van der Waals surface area contributed by atoms with E-state index in [0.29, 0.717) is 11.5 Å². The average molecular weight is 280 g/mol. The van der Waals surface area contributed by atoms with Gasteiger partial charge < -0.3 is 9.30 Å². The Balaban J connectivity index is 2.20. The zero-order chi connectivity index (χ0) is 13.8. The van der Waals surface area contributed by atoms with E-state index in [9.17, 15) is 10.1 Å². The van der Waals surface area contributed by atoms with Gasteiger partial charge in [0.25, 0.3) is 5.69 Å². The Hall–Kier alpha value is -2.09. The fourth-order valence-electron chi connectivity index (χ4n) is 1.54. The van der Waals surface area contributed by atoms with Gasteiger partial charge >= 0.3 is 0 Å². The summed E-state index contributed by atoms with van der Waals surface area (Å²) < 4.78 is 6.99. The number of hydrogen-bond donors (Lipinski definition) is 0. The number of nitrogens with zero attached hydrogens (tertiary/aromatic N) is 4. The molecular weight excluding hydrogens is 268 g/mol. The fourth-order valence-corrected chi connectivity index (χ4v) is 2.40. The number of nitro groups is 1. The molecule has 0 spiro atoms. The Labute approximate surface area is 113 Å². The maximum absolute atomic E-state index is 10.8. The van der Waals surface area contributed by atoms with Crippen LogP contribution in [0.5, 0.6) is 5.75 Å². The van der Waals surface area contributed by atoms with Gasteiger partial charge in [0.15, 0.2) is 5.16 Å². The van der Waals surface area contributed by atoms with Gasteiger partial charge in [0.1, 0.15) is 12.1 Å². The zero-order valence-electron chi connectivity index (χ0n) is 10.4. The highest BCUT2D eigenvalue weighted by Gasteiger charge is 2.12. The quantitative estimate of drug-likeness (QED) is 0.473. The van der Waals surface area contributed by atoms with E-state index in [2.05, 4.69) is 10.2 Å². The van der Waals surface area contributed by atoms with Crippen LogP contribution in [-0.4, -0.2) is 26.8 Å². The van der Waals surface area contributed by atoms with Gasteiger partial charge in [0, 0.05) is 30.5 Å². The first-order chi connectivity index (χ1) is 9.11. The largest absolute Gasteiger partial charge is 0.496 e. The van der Waals surface area contributed by atoms with E-state index >= 15 is 0 Å². The summed E-state index contributed by atoms with van der Waals surface area (Å²) in [5, 5.41) is 19.2. The number of thioether (sulfide) groups is 1. The molecule has 7 nitrogen and oxygen atoms in total. The Bertz CT molecular complexity index is 599. The smallest absolute Gasteiger partial charge is 0.270 e. The SMILES string of the molecule is COc1ccc([N+](=O)[O-])cc1CSc1nncn1C. The molecule has 0 bridgehead atoms. The van der Waals surface area contributed by atoms with Crippen molar-refractivity contribution >= 4 is 17.4 Å². The molecule has 0 aliphatic rings. The van der Waals surface area contributed by atoms with Crippen LogP contribution in [0.2, 0.25) is 0 Å². The highest BCUT2D eigenvalue weighted by molar-refractivity contribution is 7.98. The number of benzene rings is 1. The van der Waals surface area contributed by atoms with Crippen LogP contribution in [0.25, 0.3) is 0 Å². The fraction of sp³-hybridized carbons (Fsp3) is 0.273. The van der Waals surface area contributed by atoms with Crippen molar-refractivity contribution in [3.05, 3.63) is 40.2 Å². The second-order valence-corrected chi connectivity index (χ2v) is 4.71. The van der Waals surface area contributed by atoms with Crippen molar-refractivity contribution in [1.29, 1.82) is 0 Å². The number of hydrogen-bond acceptors (Lipinski definition) is 6. The maximum Gasteiger partial charge on any atom is 0.270 e. The summed E-state index contributed by atoms with van der Waals surface area (Å²) in [6.07, 6.45) is 1.60. The van der Waals surface area contributed by atoms with Crippen molar-refractivity contribution in [2.24, 2.45) is 7.05 Å². The van der Waals surface area contributed by atoms with Crippen molar-refractivity contribution in [3.8, 4) is 5.75 Å². The lowest BCUT2D eigenvalue weighted by Crippen LogP contribution is -1.95. The van der Waals surface area contributed by atoms with Gasteiger partial charge in [-0.15, -0.1) is 10.2 Å². The lowest BCUT2D eigenvalue weighted by Gasteiger charge is -2.07. The van der Waals surface area contributed by atoms with Crippen LogP contribution in [0, 0.1) is 10.1 Å². The summed E-state index contributed by atoms with van der Waals surface area (Å²) in [5.74, 6) is 1.15. The molecule has 0 saturated carbocycles. The van der Waals surface area contributed by atoms with E-state index in [-0.39, 0.29) is 5.69 Å². The molecule has 0 unspecified atom stereocenters. The van der Waals surface area contributed by atoms with E-state index in [4.69, 9.17) is 4.74 Å². The van der Waals surface area contributed by atoms with Crippen molar-refractivity contribution in [3.63, 3.8) is 0 Å². The number of methoxy groups -OCH3 is 1. The summed E-state index contributed by atoms with van der Waals surface area (Å²) in [7, 11) is 3.38. The van der Waals surface area contributed by atoms with Crippen molar-refractivity contribution in [2.45, 2.75) is 10.9 Å². The zero-order valence-corrected chi connectivity index (χ0v) is 11.3. The summed E-state index contributed by atoms with van der Waals surface area (Å²) >= 11 is 1.44. The highest BCUT2D eigenvalue weighted by atomic mass is 32.2. The molecule has 1 aromatic heterocycles. The number of aryl methyl sites for hydroxylation is 1. The molecule has 0 N–H and O–H groups in total. The van der Waals surface area contributed by atoms with Crippen LogP contribution in [0.3, 0.4) is 0 Å². The van der Waals surface area contributed by atoms with E-state index in [1.165, 1.54) is 31.0 Å². The molecule has 1 heterocycles. The first-order valence-electron chi connectivity index (χ1n) is 5.40. The van der Waals surface area contributed by atoms with Gasteiger partial charge in [-0.2, -0.15) is 0 Å². The molecular formula is C11H12N4O3S. The third-order valence-electron chi connectivity index (χ3n) is 2.50. The topological polar surface area (TPSA) is 83.1 Å². The molecule has 2 aromatic rings. The number of ether oxygens (including phenoxy) is 1. The molecule has 0 aliphatic carbocycles. The van der Waals surface area contributed by atoms with Crippen molar-refractivity contribution < 1.29 is 9.66 Å². The second-order valence-electron chi connectivity index (χ2n) is 3.77. The minimum Gasteiger partial charge on any atom is -0.496 e. The predicted octanol–water partition coefficient (Wildman–Crippen LogP) is 2.02. The molecule has 0 saturated heterocycles. The molecule has 0 fully saturated rings. The third kappa shape index (κ3) is 3.02. The molecule has 1 aromatic carbocycles. The molecule has 0 radical (unpaired) electrons. The number of aromatic nitrogens is 3. The molecule has 0 amide bonds. The third-order valence-corrected chi connectivity index (χ3v) is 3.58. The Morgan fingerprint density at radius 1 is 1.53 bits per heavy atom. The van der Waals surface area contributed by atoms with E-state index in [1.54, 1.807) is 17.0 Å². The normalized spacial score (nSPS) is 10.4. The van der Waals surface area contributed by atoms with Gasteiger partial charge in [0.2, 0.25) is 0 Å². The summed E-state index contributed by atoms with van der Waals surface area (Å²) in [4.78, 5) is 10.4. The van der Waals surface area contributed by atoms with Gasteiger partial charge in [-0.05, 0) is 6.07 Å². The summed E-state index contributed by atoms with van der Waals surface area (Å²) in [5.41, 5.74) is 0.805. The summed E-state index contributed by atoms with van der Waals surface area (Å²) in [6.45, 7) is 0. The van der Waals surface area contributed by atoms with Gasteiger partial charge in [-0.1, -0.05) is 11.8 Å². The molecule has 19 heavy (non-hydrogen) atoms. The monoisotopic (exact) mass is 280 g/mol. The van der Waals surface area contributed by atoms with E-state index in [0.717, 1.165) is 10.7 Å². The molecule has 0 aliphatic heterocycles. The van der Waals surface area contributed by atoms with E-state index in [1.807, 2.05) is 7.05 Å². The standard InChI is InChI=1S/C11H12N4O3S/c1-14-7-12-13-11(14)19-6-8-5-9(15(16)17)3-4-10(8)18-2/h3-5,7H,6H2,1-2H3. The van der Waals surface area contributed by atoms with Crippen LogP contribution < -0.4 is 4.74 Å². The number of non-ortho nitro benzene ring substituents is 1. The number of nitro benzene ring substituents is 1. The molecule has 0 atom stereocenters. The predicted molar refractivity (Wildman–Crippen MR) is 70.2 cm³/mol. The van der Waals surface area contributed by atoms with Crippen LogP contribution in [-0.2, 0) is 12.8 Å². The maximum atomic E-state index is 10.8. The number of rotatable bonds is 5. The van der Waals surface area contributed by atoms with Gasteiger partial charge in [-0.3, -0.25) is 10.1 Å². The van der Waals surface area contributed by atoms with Crippen molar-refractivity contribution in [2.75, 3.05) is 7.11 Å². The first kappa shape index (κ1) is 13.3. The molecule has 100 valence electrons. The Kier molecular flexibility index (Phi) is 4.00. The Morgan fingerprint density at radius 2 is 2.32 bits per heavy atom. The lowest BCUT2D eigenvalue weighted by atomic mass is 10.2. The van der Waals surface area contributed by atoms with Gasteiger partial charge in [-0.25, -0.2) is 0 Å². The summed E-state index contributed by atoms with van der Waals surface area (Å²) in [6, 6.07) is 4.54. The molecule has 8 heteroatoms. The second kappa shape index (κ2) is 5.70. The minimum absolute atomic E-state index is 0.0503. The minimum atomic E-state index is -0.421. The lowest BCUT2D eigenvalue weighted by molar-refractivity contribution is -0.384. The van der Waals surface area contributed by atoms with Gasteiger partial charge in [0.05, 0.1) is 12.0 Å². The first-order valence-corrected chi connectivity index (χ1v) is 6.38.